The topological polar surface area (TPSA) is 115 Å². The first kappa shape index (κ1) is 20.6. The van der Waals surface area contributed by atoms with Crippen LogP contribution in [0.15, 0.2) is 40.8 Å². The molecule has 0 saturated heterocycles. The second-order valence-corrected chi connectivity index (χ2v) is 7.27. The maximum atomic E-state index is 13.0. The van der Waals surface area contributed by atoms with E-state index < -0.39 is 11.8 Å². The fourth-order valence-corrected chi connectivity index (χ4v) is 3.70. The summed E-state index contributed by atoms with van der Waals surface area (Å²) in [7, 11) is 1.49. The van der Waals surface area contributed by atoms with E-state index in [1.54, 1.807) is 0 Å². The van der Waals surface area contributed by atoms with E-state index in [-0.39, 0.29) is 35.8 Å². The number of hydrogen-bond acceptors (Lipinski definition) is 5. The molecule has 1 saturated carbocycles. The van der Waals surface area contributed by atoms with Crippen molar-refractivity contribution in [2.75, 3.05) is 7.05 Å². The predicted octanol–water partition coefficient (Wildman–Crippen LogP) is 2.72. The largest absolute Gasteiger partial charge is 0.454 e. The Morgan fingerprint density at radius 1 is 1.21 bits per heavy atom. The molecule has 0 bridgehead atoms. The monoisotopic (exact) mass is 395 g/mol. The van der Waals surface area contributed by atoms with Crippen LogP contribution in [0.5, 0.6) is 0 Å². The molecular weight excluding hydrogens is 370 g/mol. The van der Waals surface area contributed by atoms with Crippen molar-refractivity contribution in [3.05, 3.63) is 59.0 Å². The van der Waals surface area contributed by atoms with Crippen molar-refractivity contribution in [1.29, 1.82) is 5.26 Å². The first-order valence-corrected chi connectivity index (χ1v) is 9.80. The summed E-state index contributed by atoms with van der Waals surface area (Å²) in [6, 6.07) is 12.9. The summed E-state index contributed by atoms with van der Waals surface area (Å²) in [5.74, 6) is -0.891. The van der Waals surface area contributed by atoms with Gasteiger partial charge in [0.15, 0.2) is 5.76 Å². The van der Waals surface area contributed by atoms with Crippen LogP contribution in [-0.2, 0) is 0 Å². The Morgan fingerprint density at radius 3 is 2.52 bits per heavy atom. The molecule has 0 radical (unpaired) electrons. The number of nitrogens with zero attached hydrogens (tertiary/aromatic N) is 1. The van der Waals surface area contributed by atoms with Crippen molar-refractivity contribution in [3.8, 4) is 6.07 Å². The second-order valence-electron chi connectivity index (χ2n) is 7.27. The number of carbonyl (C=O) groups excluding carboxylic acids is 2. The zero-order valence-electron chi connectivity index (χ0n) is 16.4. The minimum atomic E-state index is -0.464. The maximum Gasteiger partial charge on any atom is 0.286 e. The highest BCUT2D eigenvalue weighted by Crippen LogP contribution is 2.33. The van der Waals surface area contributed by atoms with E-state index in [1.165, 1.54) is 13.1 Å². The van der Waals surface area contributed by atoms with Crippen molar-refractivity contribution in [2.24, 2.45) is 0 Å². The zero-order valence-corrected chi connectivity index (χ0v) is 16.4. The summed E-state index contributed by atoms with van der Waals surface area (Å²) < 4.78 is 5.80. The van der Waals surface area contributed by atoms with Crippen LogP contribution in [0, 0.1) is 11.3 Å². The molecule has 1 aromatic heterocycles. The van der Waals surface area contributed by atoms with Crippen LogP contribution in [-0.4, -0.2) is 36.1 Å². The first-order valence-electron chi connectivity index (χ1n) is 9.80. The van der Waals surface area contributed by atoms with Crippen LogP contribution < -0.4 is 10.6 Å². The summed E-state index contributed by atoms with van der Waals surface area (Å²) in [4.78, 5) is 25.1. The number of furan rings is 1. The van der Waals surface area contributed by atoms with Crippen molar-refractivity contribution in [1.82, 2.24) is 10.6 Å². The van der Waals surface area contributed by atoms with E-state index in [2.05, 4.69) is 16.7 Å². The number of nitriles is 1. The number of aliphatic hydroxyl groups excluding tert-OH is 1. The van der Waals surface area contributed by atoms with Crippen LogP contribution in [0.2, 0.25) is 0 Å². The molecule has 3 N–H and O–H groups in total. The highest BCUT2D eigenvalue weighted by molar-refractivity contribution is 5.99. The van der Waals surface area contributed by atoms with Gasteiger partial charge in [-0.1, -0.05) is 30.3 Å². The summed E-state index contributed by atoms with van der Waals surface area (Å²) in [5.41, 5.74) is 1.10. The number of rotatable bonds is 6. The lowest BCUT2D eigenvalue weighted by atomic mass is 9.90. The lowest BCUT2D eigenvalue weighted by Gasteiger charge is -2.26. The summed E-state index contributed by atoms with van der Waals surface area (Å²) >= 11 is 0. The van der Waals surface area contributed by atoms with E-state index >= 15 is 0 Å². The third kappa shape index (κ3) is 4.84. The minimum absolute atomic E-state index is 0.0330. The number of amides is 2. The normalized spacial score (nSPS) is 19.8. The number of hydrogen-bond donors (Lipinski definition) is 3. The number of aliphatic hydroxyl groups is 1. The average Bonchev–Trinajstić information content (AvgIpc) is 3.19. The van der Waals surface area contributed by atoms with Crippen molar-refractivity contribution < 1.29 is 19.1 Å². The van der Waals surface area contributed by atoms with E-state index in [1.807, 2.05) is 30.3 Å². The Balaban J connectivity index is 1.94. The van der Waals surface area contributed by atoms with Crippen molar-refractivity contribution in [2.45, 2.75) is 50.2 Å². The highest BCUT2D eigenvalue weighted by Gasteiger charge is 2.30. The summed E-state index contributed by atoms with van der Waals surface area (Å²) in [6.07, 6.45) is 2.48. The molecule has 1 unspecified atom stereocenters. The van der Waals surface area contributed by atoms with Crippen molar-refractivity contribution >= 4 is 11.8 Å². The van der Waals surface area contributed by atoms with Gasteiger partial charge in [0.25, 0.3) is 11.8 Å². The quantitative estimate of drug-likeness (QED) is 0.696. The molecule has 2 amide bonds. The van der Waals surface area contributed by atoms with E-state index in [0.717, 1.165) is 5.56 Å². The van der Waals surface area contributed by atoms with Gasteiger partial charge in [-0.3, -0.25) is 9.59 Å². The fraction of sp³-hybridized carbons (Fsp3) is 0.409. The Hall–Kier alpha value is -3.11. The standard InChI is InChI=1S/C22H25N3O4/c1-24-22(28)19-13-18(21(27)25-15-7-9-16(26)10-8-15)20(29-19)17(11-12-23)14-5-3-2-4-6-14/h2-6,13,15-17,26H,7-11H2,1H3,(H,24,28)(H,25,27)/t15-,16-,17?. The van der Waals surface area contributed by atoms with Gasteiger partial charge in [-0.2, -0.15) is 5.26 Å². The molecule has 7 heteroatoms. The molecule has 7 nitrogen and oxygen atoms in total. The van der Waals surface area contributed by atoms with Gasteiger partial charge in [0, 0.05) is 25.6 Å². The Bertz CT molecular complexity index is 893. The summed E-state index contributed by atoms with van der Waals surface area (Å²) in [6.45, 7) is 0. The second kappa shape index (κ2) is 9.39. The molecule has 152 valence electrons. The number of carbonyl (C=O) groups is 2. The molecular formula is C22H25N3O4. The molecule has 1 aromatic carbocycles. The van der Waals surface area contributed by atoms with Crippen LogP contribution >= 0.6 is 0 Å². The van der Waals surface area contributed by atoms with E-state index in [9.17, 15) is 20.0 Å². The first-order chi connectivity index (χ1) is 14.0. The SMILES string of the molecule is CNC(=O)c1cc(C(=O)N[C@H]2CC[C@H](O)CC2)c(C(CC#N)c2ccccc2)o1. The third-order valence-electron chi connectivity index (χ3n) is 5.30. The molecule has 1 aliphatic carbocycles. The number of benzene rings is 1. The smallest absolute Gasteiger partial charge is 0.286 e. The van der Waals surface area contributed by atoms with E-state index in [4.69, 9.17) is 4.42 Å². The van der Waals surface area contributed by atoms with Gasteiger partial charge in [-0.05, 0) is 31.2 Å². The lowest BCUT2D eigenvalue weighted by molar-refractivity contribution is 0.0864. The van der Waals surface area contributed by atoms with Gasteiger partial charge in [-0.15, -0.1) is 0 Å². The lowest BCUT2D eigenvalue weighted by Crippen LogP contribution is -2.38. The number of nitrogens with one attached hydrogen (secondary N) is 2. The van der Waals surface area contributed by atoms with Crippen LogP contribution in [0.3, 0.4) is 0 Å². The molecule has 0 spiro atoms. The van der Waals surface area contributed by atoms with Crippen LogP contribution in [0.25, 0.3) is 0 Å². The van der Waals surface area contributed by atoms with Gasteiger partial charge in [0.05, 0.1) is 23.7 Å². The molecule has 0 aliphatic heterocycles. The Morgan fingerprint density at radius 2 is 1.90 bits per heavy atom. The molecule has 3 rings (SSSR count). The molecule has 1 fully saturated rings. The molecule has 1 atom stereocenters. The average molecular weight is 395 g/mol. The minimum Gasteiger partial charge on any atom is -0.454 e. The zero-order chi connectivity index (χ0) is 20.8. The molecule has 1 aliphatic rings. The Labute approximate surface area is 169 Å². The van der Waals surface area contributed by atoms with Crippen LogP contribution in [0.1, 0.15) is 70.3 Å². The van der Waals surface area contributed by atoms with Gasteiger partial charge in [0.2, 0.25) is 0 Å². The van der Waals surface area contributed by atoms with Crippen molar-refractivity contribution in [3.63, 3.8) is 0 Å². The molecule has 29 heavy (non-hydrogen) atoms. The van der Waals surface area contributed by atoms with Gasteiger partial charge in [0.1, 0.15) is 5.76 Å². The fourth-order valence-electron chi connectivity index (χ4n) is 3.70. The highest BCUT2D eigenvalue weighted by atomic mass is 16.4. The van der Waals surface area contributed by atoms with Gasteiger partial charge in [-0.25, -0.2) is 0 Å². The Kier molecular flexibility index (Phi) is 6.68. The third-order valence-corrected chi connectivity index (χ3v) is 5.30. The van der Waals surface area contributed by atoms with Gasteiger partial charge >= 0.3 is 0 Å². The molecule has 1 heterocycles. The predicted molar refractivity (Wildman–Crippen MR) is 106 cm³/mol. The summed E-state index contributed by atoms with van der Waals surface area (Å²) in [5, 5.41) is 24.5. The van der Waals surface area contributed by atoms with Gasteiger partial charge < -0.3 is 20.2 Å². The maximum absolute atomic E-state index is 13.0. The van der Waals surface area contributed by atoms with Crippen LogP contribution in [0.4, 0.5) is 0 Å². The van der Waals surface area contributed by atoms with E-state index in [0.29, 0.717) is 31.4 Å². The molecule has 2 aromatic rings.